The summed E-state index contributed by atoms with van der Waals surface area (Å²) in [7, 11) is 0. The molecule has 6 atom stereocenters. The topological polar surface area (TPSA) is 56.8 Å². The van der Waals surface area contributed by atoms with E-state index in [9.17, 15) is 9.59 Å². The standard InChI is InChI=1S/C29H38N4O2S/c34-28-25-19-8-5-9-20(16-19)26(25)29(35)33(28)18-22-7-2-1-6-21(22)17-31-12-14-32(15-13-31)27-23-10-3-4-11-24(23)36-30-27/h3-4,10-11,19-22,25-26H,1-2,5-9,12-18H2/t19-,20+,21-,22-,25+,26-/m0/s1. The molecule has 1 aromatic carbocycles. The molecule has 3 aliphatic carbocycles. The summed E-state index contributed by atoms with van der Waals surface area (Å²) in [5.41, 5.74) is 0. The number of imide groups is 1. The molecule has 0 unspecified atom stereocenters. The number of rotatable bonds is 5. The Balaban J connectivity index is 0.987. The van der Waals surface area contributed by atoms with Crippen LogP contribution in [-0.2, 0) is 9.59 Å². The highest BCUT2D eigenvalue weighted by Crippen LogP contribution is 2.54. The summed E-state index contributed by atoms with van der Waals surface area (Å²) < 4.78 is 6.03. The van der Waals surface area contributed by atoms with Gasteiger partial charge in [0.1, 0.15) is 5.82 Å². The fraction of sp³-hybridized carbons (Fsp3) is 0.690. The predicted molar refractivity (Wildman–Crippen MR) is 143 cm³/mol. The molecule has 6 nitrogen and oxygen atoms in total. The number of likely N-dealkylation sites (tertiary alicyclic amines) is 1. The molecule has 2 bridgehead atoms. The number of aromatic nitrogens is 1. The molecule has 5 fully saturated rings. The second kappa shape index (κ2) is 9.39. The zero-order valence-corrected chi connectivity index (χ0v) is 22.0. The van der Waals surface area contributed by atoms with E-state index in [1.54, 1.807) is 16.4 Å². The lowest BCUT2D eigenvalue weighted by Gasteiger charge is -2.40. The summed E-state index contributed by atoms with van der Waals surface area (Å²) >= 11 is 1.60. The van der Waals surface area contributed by atoms with E-state index in [1.807, 2.05) is 0 Å². The molecular formula is C29H38N4O2S. The van der Waals surface area contributed by atoms with Crippen molar-refractivity contribution in [1.82, 2.24) is 14.2 Å². The maximum Gasteiger partial charge on any atom is 0.233 e. The van der Waals surface area contributed by atoms with Crippen molar-refractivity contribution in [3.05, 3.63) is 24.3 Å². The van der Waals surface area contributed by atoms with E-state index in [2.05, 4.69) is 34.1 Å². The number of amides is 2. The lowest BCUT2D eigenvalue weighted by Crippen LogP contribution is -2.49. The smallest absolute Gasteiger partial charge is 0.233 e. The van der Waals surface area contributed by atoms with E-state index in [0.29, 0.717) is 30.2 Å². The van der Waals surface area contributed by atoms with Gasteiger partial charge in [0.25, 0.3) is 0 Å². The summed E-state index contributed by atoms with van der Waals surface area (Å²) in [6, 6.07) is 8.54. The first kappa shape index (κ1) is 23.2. The summed E-state index contributed by atoms with van der Waals surface area (Å²) in [5, 5.41) is 1.28. The Morgan fingerprint density at radius 3 is 2.19 bits per heavy atom. The first-order valence-electron chi connectivity index (χ1n) is 14.3. The Kier molecular flexibility index (Phi) is 6.04. The Bertz CT molecular complexity index is 1110. The fourth-order valence-corrected chi connectivity index (χ4v) is 9.23. The Morgan fingerprint density at radius 2 is 1.47 bits per heavy atom. The number of hydrogen-bond donors (Lipinski definition) is 0. The van der Waals surface area contributed by atoms with Crippen molar-refractivity contribution in [3.63, 3.8) is 0 Å². The third kappa shape index (κ3) is 3.89. The number of fused-ring (bicyclic) bond motifs is 6. The third-order valence-corrected chi connectivity index (χ3v) is 11.1. The van der Waals surface area contributed by atoms with Crippen molar-refractivity contribution in [1.29, 1.82) is 0 Å². The van der Waals surface area contributed by atoms with Crippen LogP contribution in [0.4, 0.5) is 5.82 Å². The maximum atomic E-state index is 13.4. The van der Waals surface area contributed by atoms with Crippen LogP contribution in [0.1, 0.15) is 51.4 Å². The molecule has 5 aliphatic rings. The Hall–Kier alpha value is -1.99. The van der Waals surface area contributed by atoms with Gasteiger partial charge in [0.2, 0.25) is 11.8 Å². The van der Waals surface area contributed by atoms with Gasteiger partial charge in [0.15, 0.2) is 0 Å². The van der Waals surface area contributed by atoms with Crippen molar-refractivity contribution in [3.8, 4) is 0 Å². The van der Waals surface area contributed by atoms with E-state index in [4.69, 9.17) is 4.37 Å². The van der Waals surface area contributed by atoms with Crippen molar-refractivity contribution in [2.24, 2.45) is 35.5 Å². The van der Waals surface area contributed by atoms with Crippen LogP contribution in [0.15, 0.2) is 24.3 Å². The highest BCUT2D eigenvalue weighted by molar-refractivity contribution is 7.13. The maximum absolute atomic E-state index is 13.4. The minimum atomic E-state index is 0.0157. The van der Waals surface area contributed by atoms with Gasteiger partial charge in [-0.3, -0.25) is 19.4 Å². The highest BCUT2D eigenvalue weighted by atomic mass is 32.1. The number of piperazine rings is 1. The fourth-order valence-electron chi connectivity index (χ4n) is 8.44. The molecule has 7 rings (SSSR count). The molecule has 36 heavy (non-hydrogen) atoms. The van der Waals surface area contributed by atoms with Crippen LogP contribution in [0.5, 0.6) is 0 Å². The van der Waals surface area contributed by atoms with Gasteiger partial charge in [0.05, 0.1) is 16.5 Å². The summed E-state index contributed by atoms with van der Waals surface area (Å²) in [4.78, 5) is 33.7. The molecule has 2 aromatic rings. The second-order valence-electron chi connectivity index (χ2n) is 12.1. The third-order valence-electron chi connectivity index (χ3n) is 10.3. The van der Waals surface area contributed by atoms with Crippen LogP contribution < -0.4 is 4.90 Å². The zero-order chi connectivity index (χ0) is 24.2. The number of anilines is 1. The molecule has 2 amide bonds. The lowest BCUT2D eigenvalue weighted by molar-refractivity contribution is -0.142. The molecule has 192 valence electrons. The molecule has 1 aromatic heterocycles. The predicted octanol–water partition coefficient (Wildman–Crippen LogP) is 4.65. The van der Waals surface area contributed by atoms with Gasteiger partial charge in [0, 0.05) is 44.7 Å². The number of hydrogen-bond acceptors (Lipinski definition) is 6. The van der Waals surface area contributed by atoms with E-state index in [-0.39, 0.29) is 23.7 Å². The molecule has 0 radical (unpaired) electrons. The van der Waals surface area contributed by atoms with Crippen LogP contribution in [0.3, 0.4) is 0 Å². The summed E-state index contributed by atoms with van der Waals surface area (Å²) in [5.74, 6) is 3.56. The van der Waals surface area contributed by atoms with E-state index in [1.165, 1.54) is 35.8 Å². The van der Waals surface area contributed by atoms with Gasteiger partial charge in [-0.1, -0.05) is 31.4 Å². The van der Waals surface area contributed by atoms with Gasteiger partial charge in [-0.2, -0.15) is 4.37 Å². The van der Waals surface area contributed by atoms with Crippen LogP contribution in [0, 0.1) is 35.5 Å². The zero-order valence-electron chi connectivity index (χ0n) is 21.2. The Morgan fingerprint density at radius 1 is 0.806 bits per heavy atom. The molecule has 0 spiro atoms. The monoisotopic (exact) mass is 506 g/mol. The number of nitrogens with zero attached hydrogens (tertiary/aromatic N) is 4. The molecule has 2 saturated heterocycles. The van der Waals surface area contributed by atoms with Gasteiger partial charge >= 0.3 is 0 Å². The molecular weight excluding hydrogens is 468 g/mol. The van der Waals surface area contributed by atoms with E-state index in [0.717, 1.165) is 64.2 Å². The van der Waals surface area contributed by atoms with Gasteiger partial charge in [-0.05, 0) is 79.4 Å². The average molecular weight is 507 g/mol. The summed E-state index contributed by atoms with van der Waals surface area (Å²) in [6.45, 7) is 5.93. The molecule has 0 N–H and O–H groups in total. The van der Waals surface area contributed by atoms with E-state index >= 15 is 0 Å². The van der Waals surface area contributed by atoms with Crippen LogP contribution in [0.25, 0.3) is 10.1 Å². The number of carbonyl (C=O) groups excluding carboxylic acids is 2. The number of carbonyl (C=O) groups is 2. The number of benzene rings is 1. The van der Waals surface area contributed by atoms with Gasteiger partial charge < -0.3 is 4.90 Å². The van der Waals surface area contributed by atoms with Crippen molar-refractivity contribution in [2.75, 3.05) is 44.2 Å². The van der Waals surface area contributed by atoms with Gasteiger partial charge in [-0.15, -0.1) is 0 Å². The largest absolute Gasteiger partial charge is 0.353 e. The van der Waals surface area contributed by atoms with Crippen molar-refractivity contribution < 1.29 is 9.59 Å². The average Bonchev–Trinajstić information content (AvgIpc) is 3.53. The minimum absolute atomic E-state index is 0.0157. The lowest BCUT2D eigenvalue weighted by atomic mass is 9.78. The van der Waals surface area contributed by atoms with Crippen molar-refractivity contribution >= 4 is 39.3 Å². The van der Waals surface area contributed by atoms with Crippen molar-refractivity contribution in [2.45, 2.75) is 51.4 Å². The molecule has 7 heteroatoms. The van der Waals surface area contributed by atoms with Crippen LogP contribution >= 0.6 is 11.5 Å². The quantitative estimate of drug-likeness (QED) is 0.553. The first-order valence-corrected chi connectivity index (χ1v) is 15.1. The summed E-state index contributed by atoms with van der Waals surface area (Å²) in [6.07, 6.45) is 9.54. The molecule has 2 aliphatic heterocycles. The molecule has 3 heterocycles. The second-order valence-corrected chi connectivity index (χ2v) is 12.9. The minimum Gasteiger partial charge on any atom is -0.353 e. The normalized spacial score (nSPS) is 35.1. The molecule has 3 saturated carbocycles. The van der Waals surface area contributed by atoms with Crippen LogP contribution in [-0.4, -0.2) is 65.3 Å². The van der Waals surface area contributed by atoms with E-state index < -0.39 is 0 Å². The highest BCUT2D eigenvalue weighted by Gasteiger charge is 2.59. The van der Waals surface area contributed by atoms with Crippen LogP contribution in [0.2, 0.25) is 0 Å². The first-order chi connectivity index (χ1) is 17.7. The SMILES string of the molecule is O=C1[C@@H]2[C@H]3CCC[C@H](C3)[C@@H]2C(=O)N1C[C@@H]1CCCC[C@H]1CN1CCN(c2nsc3ccccc23)CC1. The van der Waals surface area contributed by atoms with Gasteiger partial charge in [-0.25, -0.2) is 0 Å². The Labute approximate surface area is 218 Å².